The van der Waals surface area contributed by atoms with E-state index < -0.39 is 29.0 Å². The van der Waals surface area contributed by atoms with Crippen molar-refractivity contribution in [3.63, 3.8) is 0 Å². The van der Waals surface area contributed by atoms with Crippen LogP contribution in [0.15, 0.2) is 36.5 Å². The molecule has 3 N–H and O–H groups in total. The number of hydrogen-bond donors (Lipinski definition) is 3. The molecule has 8 nitrogen and oxygen atoms in total. The molecule has 2 amide bonds. The summed E-state index contributed by atoms with van der Waals surface area (Å²) in [6.07, 6.45) is 0.502. The van der Waals surface area contributed by atoms with Crippen LogP contribution in [0, 0.1) is 24.0 Å². The zero-order valence-corrected chi connectivity index (χ0v) is 17.9. The minimum atomic E-state index is -1.13. The minimum Gasteiger partial charge on any atom is -0.485 e. The Morgan fingerprint density at radius 3 is 2.44 bits per heavy atom. The number of pyridine rings is 1. The number of imidazole rings is 1. The Kier molecular flexibility index (Phi) is 6.61. The zero-order valence-electron chi connectivity index (χ0n) is 17.9. The fourth-order valence-corrected chi connectivity index (χ4v) is 3.14. The standard InChI is InChI=1S/C22H24F2N4O4/c1-13-18(20(29)25-11-22(2,3)12-26-21(30)31)28-9-5-8-17(19(28)27-13)32-10-14-15(23)6-4-7-16(14)24/h4-9,26H,10-12H2,1-3H3,(H,25,29)(H,30,31). The predicted octanol–water partition coefficient (Wildman–Crippen LogP) is 3.52. The number of ether oxygens (including phenoxy) is 1. The number of carboxylic acid groups (broad SMARTS) is 1. The molecule has 10 heteroatoms. The fourth-order valence-electron chi connectivity index (χ4n) is 3.14. The van der Waals surface area contributed by atoms with Gasteiger partial charge < -0.3 is 20.5 Å². The highest BCUT2D eigenvalue weighted by Crippen LogP contribution is 2.24. The number of halogens is 2. The van der Waals surface area contributed by atoms with Crippen molar-refractivity contribution < 1.29 is 28.2 Å². The van der Waals surface area contributed by atoms with Crippen LogP contribution >= 0.6 is 0 Å². The van der Waals surface area contributed by atoms with Gasteiger partial charge in [-0.25, -0.2) is 18.6 Å². The first-order chi connectivity index (χ1) is 15.1. The van der Waals surface area contributed by atoms with E-state index in [1.54, 1.807) is 29.7 Å². The molecule has 0 radical (unpaired) electrons. The van der Waals surface area contributed by atoms with Gasteiger partial charge in [0.1, 0.15) is 23.9 Å². The summed E-state index contributed by atoms with van der Waals surface area (Å²) in [5.74, 6) is -1.55. The highest BCUT2D eigenvalue weighted by molar-refractivity contribution is 5.95. The number of hydrogen-bond acceptors (Lipinski definition) is 4. The van der Waals surface area contributed by atoms with E-state index in [4.69, 9.17) is 9.84 Å². The molecular formula is C22H24F2N4O4. The Hall–Kier alpha value is -3.69. The molecule has 2 aromatic heterocycles. The van der Waals surface area contributed by atoms with Crippen molar-refractivity contribution in [2.24, 2.45) is 5.41 Å². The summed E-state index contributed by atoms with van der Waals surface area (Å²) >= 11 is 0. The van der Waals surface area contributed by atoms with Crippen LogP contribution in [0.2, 0.25) is 0 Å². The highest BCUT2D eigenvalue weighted by Gasteiger charge is 2.23. The van der Waals surface area contributed by atoms with Crippen LogP contribution in [0.3, 0.4) is 0 Å². The van der Waals surface area contributed by atoms with Crippen LogP contribution in [-0.2, 0) is 6.61 Å². The third kappa shape index (κ3) is 5.13. The van der Waals surface area contributed by atoms with Gasteiger partial charge in [-0.15, -0.1) is 0 Å². The lowest BCUT2D eigenvalue weighted by molar-refractivity contribution is 0.0930. The van der Waals surface area contributed by atoms with E-state index in [1.165, 1.54) is 6.07 Å². The lowest BCUT2D eigenvalue weighted by atomic mass is 9.93. The van der Waals surface area contributed by atoms with Crippen molar-refractivity contribution in [1.82, 2.24) is 20.0 Å². The van der Waals surface area contributed by atoms with Gasteiger partial charge in [-0.1, -0.05) is 19.9 Å². The number of rotatable bonds is 8. The summed E-state index contributed by atoms with van der Waals surface area (Å²) in [5, 5.41) is 13.9. The number of benzene rings is 1. The smallest absolute Gasteiger partial charge is 0.404 e. The largest absolute Gasteiger partial charge is 0.485 e. The van der Waals surface area contributed by atoms with Gasteiger partial charge in [-0.05, 0) is 36.6 Å². The van der Waals surface area contributed by atoms with Crippen LogP contribution in [0.4, 0.5) is 13.6 Å². The van der Waals surface area contributed by atoms with E-state index in [1.807, 2.05) is 13.8 Å². The van der Waals surface area contributed by atoms with Crippen LogP contribution in [0.5, 0.6) is 5.75 Å². The van der Waals surface area contributed by atoms with Gasteiger partial charge in [-0.2, -0.15) is 0 Å². The average molecular weight is 446 g/mol. The molecule has 2 heterocycles. The summed E-state index contributed by atoms with van der Waals surface area (Å²) in [6.45, 7) is 5.35. The maximum Gasteiger partial charge on any atom is 0.404 e. The number of nitrogens with one attached hydrogen (secondary N) is 2. The van der Waals surface area contributed by atoms with Gasteiger partial charge in [0.05, 0.1) is 11.3 Å². The molecule has 1 aromatic carbocycles. The molecule has 3 rings (SSSR count). The molecule has 0 unspecified atom stereocenters. The van der Waals surface area contributed by atoms with Crippen molar-refractivity contribution in [3.8, 4) is 5.75 Å². The van der Waals surface area contributed by atoms with E-state index in [-0.39, 0.29) is 36.7 Å². The Balaban J connectivity index is 1.79. The number of fused-ring (bicyclic) bond motifs is 1. The summed E-state index contributed by atoms with van der Waals surface area (Å²) in [7, 11) is 0. The van der Waals surface area contributed by atoms with E-state index in [0.717, 1.165) is 12.1 Å². The van der Waals surface area contributed by atoms with Gasteiger partial charge in [0, 0.05) is 19.3 Å². The Labute approximate surface area is 183 Å². The van der Waals surface area contributed by atoms with E-state index >= 15 is 0 Å². The van der Waals surface area contributed by atoms with E-state index in [0.29, 0.717) is 11.3 Å². The predicted molar refractivity (Wildman–Crippen MR) is 113 cm³/mol. The minimum absolute atomic E-state index is 0.166. The van der Waals surface area contributed by atoms with Gasteiger partial charge >= 0.3 is 6.09 Å². The molecule has 0 aliphatic carbocycles. The number of carbonyl (C=O) groups is 2. The van der Waals surface area contributed by atoms with Crippen LogP contribution in [0.25, 0.3) is 5.65 Å². The molecule has 0 bridgehead atoms. The number of carbonyl (C=O) groups excluding carboxylic acids is 1. The summed E-state index contributed by atoms with van der Waals surface area (Å²) in [4.78, 5) is 28.0. The van der Waals surface area contributed by atoms with Gasteiger partial charge in [0.2, 0.25) is 0 Å². The topological polar surface area (TPSA) is 105 Å². The van der Waals surface area contributed by atoms with Crippen molar-refractivity contribution in [1.29, 1.82) is 0 Å². The number of nitrogens with zero attached hydrogens (tertiary/aromatic N) is 2. The van der Waals surface area contributed by atoms with Gasteiger partial charge in [0.25, 0.3) is 5.91 Å². The second-order valence-corrected chi connectivity index (χ2v) is 8.11. The molecule has 0 aliphatic heterocycles. The maximum atomic E-state index is 13.9. The normalized spacial score (nSPS) is 11.4. The monoisotopic (exact) mass is 446 g/mol. The van der Waals surface area contributed by atoms with Crippen molar-refractivity contribution in [2.75, 3.05) is 13.1 Å². The first-order valence-corrected chi connectivity index (χ1v) is 9.87. The average Bonchev–Trinajstić information content (AvgIpc) is 3.07. The molecular weight excluding hydrogens is 422 g/mol. The maximum absolute atomic E-state index is 13.9. The zero-order chi connectivity index (χ0) is 23.5. The lowest BCUT2D eigenvalue weighted by Crippen LogP contribution is -2.42. The molecule has 0 spiro atoms. The first-order valence-electron chi connectivity index (χ1n) is 9.87. The van der Waals surface area contributed by atoms with Crippen LogP contribution < -0.4 is 15.4 Å². The third-order valence-corrected chi connectivity index (χ3v) is 4.88. The molecule has 32 heavy (non-hydrogen) atoms. The molecule has 0 saturated carbocycles. The summed E-state index contributed by atoms with van der Waals surface area (Å²) in [6, 6.07) is 6.81. The molecule has 0 atom stereocenters. The Morgan fingerprint density at radius 2 is 1.78 bits per heavy atom. The molecule has 0 fully saturated rings. The number of aryl methyl sites for hydroxylation is 1. The van der Waals surface area contributed by atoms with Crippen LogP contribution in [-0.4, -0.2) is 39.6 Å². The van der Waals surface area contributed by atoms with Gasteiger partial charge in [-0.3, -0.25) is 9.20 Å². The van der Waals surface area contributed by atoms with Gasteiger partial charge in [0.15, 0.2) is 11.4 Å². The summed E-state index contributed by atoms with van der Waals surface area (Å²) < 4.78 is 34.9. The van der Waals surface area contributed by atoms with Crippen molar-refractivity contribution >= 4 is 17.6 Å². The lowest BCUT2D eigenvalue weighted by Gasteiger charge is -2.24. The highest BCUT2D eigenvalue weighted by atomic mass is 19.1. The quantitative estimate of drug-likeness (QED) is 0.491. The van der Waals surface area contributed by atoms with Crippen molar-refractivity contribution in [3.05, 3.63) is 65.1 Å². The third-order valence-electron chi connectivity index (χ3n) is 4.88. The van der Waals surface area contributed by atoms with Crippen LogP contribution in [0.1, 0.15) is 35.6 Å². The molecule has 3 aromatic rings. The first kappa shape index (κ1) is 23.0. The summed E-state index contributed by atoms with van der Waals surface area (Å²) in [5.41, 5.74) is 0.342. The van der Waals surface area contributed by atoms with E-state index in [9.17, 15) is 18.4 Å². The molecule has 170 valence electrons. The second kappa shape index (κ2) is 9.21. The van der Waals surface area contributed by atoms with Crippen molar-refractivity contribution in [2.45, 2.75) is 27.4 Å². The fraction of sp³-hybridized carbons (Fsp3) is 0.318. The SMILES string of the molecule is Cc1nc2c(OCc3c(F)cccc3F)cccn2c1C(=O)NCC(C)(C)CNC(=O)O. The molecule has 0 aliphatic rings. The second-order valence-electron chi connectivity index (χ2n) is 8.11. The Bertz CT molecular complexity index is 1140. The number of aromatic nitrogens is 2. The number of amides is 2. The van der Waals surface area contributed by atoms with E-state index in [2.05, 4.69) is 15.6 Å². The molecule has 0 saturated heterocycles. The Morgan fingerprint density at radius 1 is 1.12 bits per heavy atom.